The van der Waals surface area contributed by atoms with Crippen molar-refractivity contribution in [3.8, 4) is 11.5 Å². The van der Waals surface area contributed by atoms with Crippen LogP contribution in [0.3, 0.4) is 0 Å². The van der Waals surface area contributed by atoms with Gasteiger partial charge in [-0.3, -0.25) is 4.98 Å². The van der Waals surface area contributed by atoms with Crippen LogP contribution in [0, 0.1) is 6.92 Å². The van der Waals surface area contributed by atoms with Gasteiger partial charge < -0.3 is 19.0 Å². The Morgan fingerprint density at radius 2 is 1.88 bits per heavy atom. The zero-order valence-electron chi connectivity index (χ0n) is 18.0. The van der Waals surface area contributed by atoms with Gasteiger partial charge in [0, 0.05) is 24.2 Å². The molecule has 0 radical (unpaired) electrons. The van der Waals surface area contributed by atoms with Gasteiger partial charge in [-0.05, 0) is 37.6 Å². The van der Waals surface area contributed by atoms with Crippen LogP contribution < -0.4 is 9.47 Å². The molecule has 32 heavy (non-hydrogen) atoms. The topological polar surface area (TPSA) is 62.2 Å². The van der Waals surface area contributed by atoms with E-state index in [4.69, 9.17) is 65.5 Å². The lowest BCUT2D eigenvalue weighted by Crippen LogP contribution is -2.08. The van der Waals surface area contributed by atoms with Gasteiger partial charge in [-0.2, -0.15) is 0 Å². The van der Waals surface area contributed by atoms with E-state index in [1.54, 1.807) is 25.3 Å². The maximum absolute atomic E-state index is 6.45. The molecule has 1 aromatic carbocycles. The molecule has 174 valence electrons. The minimum Gasteiger partial charge on any atom is -0.491 e. The first-order valence-electron chi connectivity index (χ1n) is 9.69. The fraction of sp³-hybridized carbons (Fsp3) is 0.364. The molecule has 0 bridgehead atoms. The van der Waals surface area contributed by atoms with Crippen LogP contribution in [0.4, 0.5) is 0 Å². The second-order valence-electron chi connectivity index (χ2n) is 6.64. The summed E-state index contributed by atoms with van der Waals surface area (Å²) >= 11 is 23.8. The highest BCUT2D eigenvalue weighted by Crippen LogP contribution is 2.34. The monoisotopic (exact) mass is 520 g/mol. The standard InChI is InChI=1S/C22H24Cl4N2O4/c1-14-9-18(23)20(27-12-14)13-30-6-4-7-32-22-17(15(2)28-29-3)10-16(11-19(22)24)31-8-5-21(25)26/h5,9-12H,4,6-8,13H2,1-3H3/b28-15+. The lowest BCUT2D eigenvalue weighted by atomic mass is 10.1. The Balaban J connectivity index is 1.96. The van der Waals surface area contributed by atoms with Gasteiger partial charge in [-0.15, -0.1) is 0 Å². The first kappa shape index (κ1) is 26.6. The van der Waals surface area contributed by atoms with Gasteiger partial charge in [0.15, 0.2) is 0 Å². The third-order valence-corrected chi connectivity index (χ3v) is 5.01. The van der Waals surface area contributed by atoms with Crippen molar-refractivity contribution in [3.05, 3.63) is 61.8 Å². The molecule has 0 fully saturated rings. The summed E-state index contributed by atoms with van der Waals surface area (Å²) in [6.45, 7) is 5.09. The molecule has 1 aromatic heterocycles. The van der Waals surface area contributed by atoms with Crippen molar-refractivity contribution in [2.75, 3.05) is 26.9 Å². The summed E-state index contributed by atoms with van der Waals surface area (Å²) in [6, 6.07) is 5.27. The van der Waals surface area contributed by atoms with Gasteiger partial charge in [-0.1, -0.05) is 51.6 Å². The van der Waals surface area contributed by atoms with E-state index >= 15 is 0 Å². The molecule has 0 saturated carbocycles. The number of aromatic nitrogens is 1. The van der Waals surface area contributed by atoms with Crippen molar-refractivity contribution in [1.29, 1.82) is 0 Å². The largest absolute Gasteiger partial charge is 0.491 e. The average molecular weight is 522 g/mol. The van der Waals surface area contributed by atoms with Crippen molar-refractivity contribution in [2.24, 2.45) is 5.16 Å². The van der Waals surface area contributed by atoms with Crippen LogP contribution in [-0.4, -0.2) is 37.6 Å². The van der Waals surface area contributed by atoms with Crippen LogP contribution in [0.15, 0.2) is 40.1 Å². The molecule has 2 aromatic rings. The quantitative estimate of drug-likeness (QED) is 0.175. The number of benzene rings is 1. The van der Waals surface area contributed by atoms with Gasteiger partial charge in [0.1, 0.15) is 29.7 Å². The highest BCUT2D eigenvalue weighted by molar-refractivity contribution is 6.55. The molecule has 0 atom stereocenters. The Hall–Kier alpha value is -1.70. The molecule has 0 aliphatic heterocycles. The molecule has 0 amide bonds. The van der Waals surface area contributed by atoms with E-state index in [1.807, 2.05) is 13.0 Å². The van der Waals surface area contributed by atoms with Crippen LogP contribution >= 0.6 is 46.4 Å². The molecule has 0 N–H and O–H groups in total. The molecule has 0 aliphatic carbocycles. The van der Waals surface area contributed by atoms with Gasteiger partial charge >= 0.3 is 0 Å². The van der Waals surface area contributed by atoms with E-state index in [2.05, 4.69) is 10.1 Å². The van der Waals surface area contributed by atoms with Crippen molar-refractivity contribution < 1.29 is 19.0 Å². The third kappa shape index (κ3) is 8.68. The fourth-order valence-corrected chi connectivity index (χ4v) is 3.29. The SMILES string of the molecule is CO/N=C(\C)c1cc(OCC=C(Cl)Cl)cc(Cl)c1OCCCOCc1ncc(C)cc1Cl. The van der Waals surface area contributed by atoms with Gasteiger partial charge in [0.05, 0.1) is 41.3 Å². The highest BCUT2D eigenvalue weighted by Gasteiger charge is 2.15. The zero-order valence-corrected chi connectivity index (χ0v) is 21.0. The first-order valence-corrected chi connectivity index (χ1v) is 11.2. The Morgan fingerprint density at radius 1 is 1.09 bits per heavy atom. The second-order valence-corrected chi connectivity index (χ2v) is 8.46. The van der Waals surface area contributed by atoms with Gasteiger partial charge in [-0.25, -0.2) is 0 Å². The predicted molar refractivity (Wildman–Crippen MR) is 130 cm³/mol. The number of pyridine rings is 1. The van der Waals surface area contributed by atoms with E-state index in [0.717, 1.165) is 5.56 Å². The van der Waals surface area contributed by atoms with Crippen LogP contribution in [-0.2, 0) is 16.2 Å². The molecule has 0 saturated heterocycles. The maximum Gasteiger partial charge on any atom is 0.147 e. The summed E-state index contributed by atoms with van der Waals surface area (Å²) in [5.41, 5.74) is 2.93. The number of ether oxygens (including phenoxy) is 3. The van der Waals surface area contributed by atoms with Crippen LogP contribution in [0.1, 0.15) is 30.2 Å². The van der Waals surface area contributed by atoms with E-state index in [-0.39, 0.29) is 11.1 Å². The summed E-state index contributed by atoms with van der Waals surface area (Å²) < 4.78 is 17.3. The minimum absolute atomic E-state index is 0.121. The number of rotatable bonds is 12. The first-order chi connectivity index (χ1) is 15.3. The minimum atomic E-state index is 0.121. The number of oxime groups is 1. The summed E-state index contributed by atoms with van der Waals surface area (Å²) in [4.78, 5) is 9.17. The molecule has 10 heteroatoms. The normalized spacial score (nSPS) is 11.3. The van der Waals surface area contributed by atoms with Gasteiger partial charge in [0.2, 0.25) is 0 Å². The summed E-state index contributed by atoms with van der Waals surface area (Å²) in [5, 5.41) is 4.95. The molecular weight excluding hydrogens is 498 g/mol. The number of halogens is 4. The molecule has 0 aliphatic rings. The van der Waals surface area contributed by atoms with Crippen LogP contribution in [0.25, 0.3) is 0 Å². The summed E-state index contributed by atoms with van der Waals surface area (Å²) in [6.07, 6.45) is 3.92. The lowest BCUT2D eigenvalue weighted by Gasteiger charge is -2.15. The van der Waals surface area contributed by atoms with Crippen LogP contribution in [0.2, 0.25) is 10.0 Å². The van der Waals surface area contributed by atoms with Crippen molar-refractivity contribution in [2.45, 2.75) is 26.9 Å². The molecule has 1 heterocycles. The van der Waals surface area contributed by atoms with E-state index < -0.39 is 0 Å². The third-order valence-electron chi connectivity index (χ3n) is 4.10. The van der Waals surface area contributed by atoms with E-state index in [1.165, 1.54) is 13.2 Å². The second kappa shape index (κ2) is 13.8. The van der Waals surface area contributed by atoms with Crippen molar-refractivity contribution in [1.82, 2.24) is 4.98 Å². The molecule has 0 spiro atoms. The summed E-state index contributed by atoms with van der Waals surface area (Å²) in [7, 11) is 1.46. The predicted octanol–water partition coefficient (Wildman–Crippen LogP) is 6.75. The number of hydrogen-bond donors (Lipinski definition) is 0. The fourth-order valence-electron chi connectivity index (χ4n) is 2.63. The van der Waals surface area contributed by atoms with Crippen molar-refractivity contribution in [3.63, 3.8) is 0 Å². The Labute approximate surface area is 208 Å². The van der Waals surface area contributed by atoms with E-state index in [0.29, 0.717) is 64.8 Å². The number of nitrogens with zero attached hydrogens (tertiary/aromatic N) is 2. The Kier molecular flexibility index (Phi) is 11.4. The van der Waals surface area contributed by atoms with E-state index in [9.17, 15) is 0 Å². The molecule has 0 unspecified atom stereocenters. The number of aryl methyl sites for hydroxylation is 1. The Bertz CT molecular complexity index is 963. The lowest BCUT2D eigenvalue weighted by molar-refractivity contribution is 0.105. The van der Waals surface area contributed by atoms with Crippen molar-refractivity contribution >= 4 is 52.1 Å². The molecule has 2 rings (SSSR count). The van der Waals surface area contributed by atoms with Gasteiger partial charge in [0.25, 0.3) is 0 Å². The Morgan fingerprint density at radius 3 is 2.56 bits per heavy atom. The van der Waals surface area contributed by atoms with Crippen LogP contribution in [0.5, 0.6) is 11.5 Å². The average Bonchev–Trinajstić information content (AvgIpc) is 2.72. The maximum atomic E-state index is 6.45. The smallest absolute Gasteiger partial charge is 0.147 e. The highest BCUT2D eigenvalue weighted by atomic mass is 35.5. The zero-order chi connectivity index (χ0) is 23.5. The summed E-state index contributed by atoms with van der Waals surface area (Å²) in [5.74, 6) is 0.992. The molecular formula is C22H24Cl4N2O4. The number of hydrogen-bond acceptors (Lipinski definition) is 6. The molecule has 6 nitrogen and oxygen atoms in total.